The predicted octanol–water partition coefficient (Wildman–Crippen LogP) is 3.60. The molecule has 5 rings (SSSR count). The van der Waals surface area contributed by atoms with Crippen LogP contribution in [0.3, 0.4) is 0 Å². The number of benzene rings is 1. The monoisotopic (exact) mass is 403 g/mol. The number of hydrogen-bond acceptors (Lipinski definition) is 5. The van der Waals surface area contributed by atoms with Gasteiger partial charge < -0.3 is 15.0 Å². The van der Waals surface area contributed by atoms with Crippen LogP contribution >= 0.6 is 11.3 Å². The summed E-state index contributed by atoms with van der Waals surface area (Å²) in [5, 5.41) is 2.16. The van der Waals surface area contributed by atoms with Crippen LogP contribution in [0.25, 0.3) is 5.65 Å². The van der Waals surface area contributed by atoms with E-state index >= 15 is 0 Å². The molecule has 0 atom stereocenters. The SMILES string of the molecule is Nc1nc(C(=O)N2CCC(c3ccccc3)(c3cn4ccccc4n3)CC2)cs1. The number of fused-ring (bicyclic) bond motifs is 1. The molecule has 4 aromatic rings. The van der Waals surface area contributed by atoms with Gasteiger partial charge in [0.15, 0.2) is 5.13 Å². The minimum atomic E-state index is -0.217. The lowest BCUT2D eigenvalue weighted by molar-refractivity contribution is 0.0679. The van der Waals surface area contributed by atoms with Gasteiger partial charge in [-0.3, -0.25) is 4.79 Å². The average Bonchev–Trinajstić information content (AvgIpc) is 3.40. The largest absolute Gasteiger partial charge is 0.375 e. The zero-order chi connectivity index (χ0) is 19.8. The lowest BCUT2D eigenvalue weighted by Gasteiger charge is -2.41. The molecule has 0 aliphatic carbocycles. The summed E-state index contributed by atoms with van der Waals surface area (Å²) in [6.07, 6.45) is 5.77. The van der Waals surface area contributed by atoms with Gasteiger partial charge in [0.05, 0.1) is 5.69 Å². The van der Waals surface area contributed by atoms with Gasteiger partial charge in [0.25, 0.3) is 5.91 Å². The van der Waals surface area contributed by atoms with Gasteiger partial charge in [0, 0.05) is 36.3 Å². The van der Waals surface area contributed by atoms with E-state index in [1.165, 1.54) is 16.9 Å². The Morgan fingerprint density at radius 1 is 1.03 bits per heavy atom. The minimum absolute atomic E-state index is 0.0467. The Kier molecular flexibility index (Phi) is 4.32. The fourth-order valence-corrected chi connectivity index (χ4v) is 4.79. The van der Waals surface area contributed by atoms with Gasteiger partial charge in [-0.15, -0.1) is 11.3 Å². The lowest BCUT2D eigenvalue weighted by Crippen LogP contribution is -2.46. The number of nitrogen functional groups attached to an aromatic ring is 1. The van der Waals surface area contributed by atoms with E-state index in [0.717, 1.165) is 24.2 Å². The number of nitrogens with two attached hydrogens (primary N) is 1. The molecule has 1 fully saturated rings. The summed E-state index contributed by atoms with van der Waals surface area (Å²) in [6, 6.07) is 16.5. The van der Waals surface area contributed by atoms with Crippen LogP contribution in [-0.4, -0.2) is 38.3 Å². The molecule has 1 saturated heterocycles. The fraction of sp³-hybridized carbons (Fsp3) is 0.227. The number of imidazole rings is 1. The van der Waals surface area contributed by atoms with Crippen molar-refractivity contribution in [2.75, 3.05) is 18.8 Å². The lowest BCUT2D eigenvalue weighted by atomic mass is 9.70. The van der Waals surface area contributed by atoms with Gasteiger partial charge in [-0.2, -0.15) is 0 Å². The number of amides is 1. The van der Waals surface area contributed by atoms with Crippen molar-refractivity contribution in [2.24, 2.45) is 0 Å². The van der Waals surface area contributed by atoms with Crippen LogP contribution in [0.2, 0.25) is 0 Å². The Labute approximate surface area is 172 Å². The Morgan fingerprint density at radius 2 is 1.79 bits per heavy atom. The van der Waals surface area contributed by atoms with E-state index in [1.807, 2.05) is 35.4 Å². The maximum atomic E-state index is 12.8. The quantitative estimate of drug-likeness (QED) is 0.567. The highest BCUT2D eigenvalue weighted by Crippen LogP contribution is 2.41. The summed E-state index contributed by atoms with van der Waals surface area (Å²) < 4.78 is 2.07. The Morgan fingerprint density at radius 3 is 2.48 bits per heavy atom. The van der Waals surface area contributed by atoms with Crippen molar-refractivity contribution >= 4 is 28.0 Å². The Bertz CT molecular complexity index is 1130. The number of piperidine rings is 1. The van der Waals surface area contributed by atoms with Crippen LogP contribution in [0.4, 0.5) is 5.13 Å². The van der Waals surface area contributed by atoms with E-state index in [0.29, 0.717) is 23.9 Å². The standard InChI is InChI=1S/C22H21N5OS/c23-21-24-17(15-29-21)20(28)26-12-9-22(10-13-26,16-6-2-1-3-7-16)18-14-27-11-5-4-8-19(27)25-18/h1-8,11,14-15H,9-10,12-13H2,(H2,23,24). The molecule has 1 aromatic carbocycles. The van der Waals surface area contributed by atoms with Crippen LogP contribution in [0.1, 0.15) is 34.6 Å². The molecule has 0 unspecified atom stereocenters. The third-order valence-corrected chi connectivity index (χ3v) is 6.50. The number of likely N-dealkylation sites (tertiary alicyclic amines) is 1. The molecule has 29 heavy (non-hydrogen) atoms. The number of rotatable bonds is 3. The third kappa shape index (κ3) is 3.07. The van der Waals surface area contributed by atoms with E-state index in [1.54, 1.807) is 5.38 Å². The van der Waals surface area contributed by atoms with E-state index in [9.17, 15) is 4.79 Å². The van der Waals surface area contributed by atoms with Crippen molar-refractivity contribution in [1.82, 2.24) is 19.3 Å². The highest BCUT2D eigenvalue weighted by atomic mass is 32.1. The van der Waals surface area contributed by atoms with Gasteiger partial charge in [0.2, 0.25) is 0 Å². The number of anilines is 1. The second-order valence-electron chi connectivity index (χ2n) is 7.40. The number of aromatic nitrogens is 3. The van der Waals surface area contributed by atoms with Gasteiger partial charge >= 0.3 is 0 Å². The molecular weight excluding hydrogens is 382 g/mol. The molecule has 6 nitrogen and oxygen atoms in total. The number of hydrogen-bond donors (Lipinski definition) is 1. The fourth-order valence-electron chi connectivity index (χ4n) is 4.25. The van der Waals surface area contributed by atoms with Crippen LogP contribution in [0.5, 0.6) is 0 Å². The molecular formula is C22H21N5OS. The van der Waals surface area contributed by atoms with Gasteiger partial charge in [-0.25, -0.2) is 9.97 Å². The molecule has 4 heterocycles. The highest BCUT2D eigenvalue weighted by Gasteiger charge is 2.41. The van der Waals surface area contributed by atoms with Crippen LogP contribution in [-0.2, 0) is 5.41 Å². The summed E-state index contributed by atoms with van der Waals surface area (Å²) in [6.45, 7) is 1.30. The molecule has 2 N–H and O–H groups in total. The van der Waals surface area contributed by atoms with E-state index in [-0.39, 0.29) is 11.3 Å². The molecule has 1 aliphatic rings. The number of pyridine rings is 1. The highest BCUT2D eigenvalue weighted by molar-refractivity contribution is 7.13. The Hall–Kier alpha value is -3.19. The zero-order valence-electron chi connectivity index (χ0n) is 15.9. The van der Waals surface area contributed by atoms with Crippen molar-refractivity contribution in [3.63, 3.8) is 0 Å². The van der Waals surface area contributed by atoms with Crippen molar-refractivity contribution < 1.29 is 4.79 Å². The van der Waals surface area contributed by atoms with Crippen molar-refractivity contribution in [2.45, 2.75) is 18.3 Å². The summed E-state index contributed by atoms with van der Waals surface area (Å²) in [5.74, 6) is -0.0467. The number of carbonyl (C=O) groups is 1. The average molecular weight is 404 g/mol. The van der Waals surface area contributed by atoms with E-state index in [4.69, 9.17) is 10.7 Å². The topological polar surface area (TPSA) is 76.5 Å². The zero-order valence-corrected chi connectivity index (χ0v) is 16.7. The maximum Gasteiger partial charge on any atom is 0.273 e. The number of carbonyl (C=O) groups excluding carboxylic acids is 1. The minimum Gasteiger partial charge on any atom is -0.375 e. The van der Waals surface area contributed by atoms with Crippen molar-refractivity contribution in [3.05, 3.63) is 83.3 Å². The van der Waals surface area contributed by atoms with Gasteiger partial charge in [-0.1, -0.05) is 36.4 Å². The number of thiazole rings is 1. The third-order valence-electron chi connectivity index (χ3n) is 5.83. The molecule has 1 amide bonds. The molecule has 7 heteroatoms. The van der Waals surface area contributed by atoms with Crippen molar-refractivity contribution in [3.8, 4) is 0 Å². The first kappa shape index (κ1) is 17.9. The summed E-state index contributed by atoms with van der Waals surface area (Å²) in [4.78, 5) is 23.8. The van der Waals surface area contributed by atoms with Gasteiger partial charge in [-0.05, 0) is 30.5 Å². The maximum absolute atomic E-state index is 12.8. The molecule has 0 saturated carbocycles. The van der Waals surface area contributed by atoms with Crippen LogP contribution in [0.15, 0.2) is 66.3 Å². The molecule has 1 aliphatic heterocycles. The van der Waals surface area contributed by atoms with E-state index in [2.05, 4.69) is 39.8 Å². The predicted molar refractivity (Wildman–Crippen MR) is 114 cm³/mol. The van der Waals surface area contributed by atoms with Gasteiger partial charge in [0.1, 0.15) is 11.3 Å². The first-order chi connectivity index (χ1) is 14.2. The Balaban J connectivity index is 1.49. The smallest absolute Gasteiger partial charge is 0.273 e. The first-order valence-corrected chi connectivity index (χ1v) is 10.5. The first-order valence-electron chi connectivity index (χ1n) is 9.66. The second-order valence-corrected chi connectivity index (χ2v) is 8.29. The van der Waals surface area contributed by atoms with Crippen LogP contribution < -0.4 is 5.73 Å². The molecule has 3 aromatic heterocycles. The summed E-state index contributed by atoms with van der Waals surface area (Å²) >= 11 is 1.30. The molecule has 0 radical (unpaired) electrons. The van der Waals surface area contributed by atoms with Crippen LogP contribution in [0, 0.1) is 0 Å². The van der Waals surface area contributed by atoms with E-state index < -0.39 is 0 Å². The molecule has 0 bridgehead atoms. The summed E-state index contributed by atoms with van der Waals surface area (Å²) in [5.41, 5.74) is 9.16. The summed E-state index contributed by atoms with van der Waals surface area (Å²) in [7, 11) is 0. The molecule has 0 spiro atoms. The normalized spacial score (nSPS) is 16.2. The molecule has 146 valence electrons. The number of nitrogens with zero attached hydrogens (tertiary/aromatic N) is 4. The van der Waals surface area contributed by atoms with Crippen molar-refractivity contribution in [1.29, 1.82) is 0 Å². The second kappa shape index (κ2) is 7.00.